The second-order valence-corrected chi connectivity index (χ2v) is 5.36. The van der Waals surface area contributed by atoms with Gasteiger partial charge in [0.05, 0.1) is 25.2 Å². The predicted molar refractivity (Wildman–Crippen MR) is 78.0 cm³/mol. The zero-order chi connectivity index (χ0) is 15.2. The van der Waals surface area contributed by atoms with E-state index < -0.39 is 5.97 Å². The molecule has 1 aliphatic heterocycles. The van der Waals surface area contributed by atoms with E-state index in [2.05, 4.69) is 11.0 Å². The first kappa shape index (κ1) is 15.3. The van der Waals surface area contributed by atoms with Crippen LogP contribution in [-0.4, -0.2) is 35.7 Å². The Labute approximate surface area is 124 Å². The molecular formula is C16H20N2O3. The number of rotatable bonds is 5. The van der Waals surface area contributed by atoms with E-state index in [1.165, 1.54) is 0 Å². The van der Waals surface area contributed by atoms with E-state index >= 15 is 0 Å². The van der Waals surface area contributed by atoms with E-state index in [1.54, 1.807) is 19.2 Å². The third kappa shape index (κ3) is 3.96. The lowest BCUT2D eigenvalue weighted by Crippen LogP contribution is -2.40. The Kier molecular flexibility index (Phi) is 5.18. The van der Waals surface area contributed by atoms with Crippen LogP contribution in [0, 0.1) is 11.3 Å². The molecular weight excluding hydrogens is 268 g/mol. The summed E-state index contributed by atoms with van der Waals surface area (Å²) in [7, 11) is 1.61. The molecule has 1 heterocycles. The molecule has 1 aromatic carbocycles. The van der Waals surface area contributed by atoms with Crippen LogP contribution in [0.2, 0.25) is 0 Å². The van der Waals surface area contributed by atoms with E-state index in [-0.39, 0.29) is 12.5 Å². The van der Waals surface area contributed by atoms with Crippen molar-refractivity contribution in [3.05, 3.63) is 29.3 Å². The third-order valence-corrected chi connectivity index (χ3v) is 3.94. The lowest BCUT2D eigenvalue weighted by Gasteiger charge is -2.35. The van der Waals surface area contributed by atoms with E-state index in [9.17, 15) is 4.79 Å². The van der Waals surface area contributed by atoms with E-state index in [1.807, 2.05) is 6.07 Å². The minimum absolute atomic E-state index is 0.0618. The lowest BCUT2D eigenvalue weighted by atomic mass is 9.98. The van der Waals surface area contributed by atoms with Crippen molar-refractivity contribution >= 4 is 5.97 Å². The molecule has 1 fully saturated rings. The van der Waals surface area contributed by atoms with Crippen LogP contribution in [0.5, 0.6) is 5.75 Å². The van der Waals surface area contributed by atoms with Crippen molar-refractivity contribution in [1.82, 2.24) is 4.90 Å². The highest BCUT2D eigenvalue weighted by Gasteiger charge is 2.25. The quantitative estimate of drug-likeness (QED) is 0.900. The largest absolute Gasteiger partial charge is 0.496 e. The Balaban J connectivity index is 2.18. The minimum atomic E-state index is -0.760. The third-order valence-electron chi connectivity index (χ3n) is 3.94. The smallest absolute Gasteiger partial charge is 0.304 e. The highest BCUT2D eigenvalue weighted by atomic mass is 16.5. The number of nitriles is 1. The fraction of sp³-hybridized carbons (Fsp3) is 0.500. The molecule has 5 nitrogen and oxygen atoms in total. The molecule has 2 rings (SSSR count). The van der Waals surface area contributed by atoms with Gasteiger partial charge in [0.15, 0.2) is 0 Å². The Morgan fingerprint density at radius 1 is 1.52 bits per heavy atom. The molecule has 1 saturated heterocycles. The molecule has 0 saturated carbocycles. The van der Waals surface area contributed by atoms with Crippen molar-refractivity contribution in [2.75, 3.05) is 13.7 Å². The van der Waals surface area contributed by atoms with Crippen molar-refractivity contribution in [3.63, 3.8) is 0 Å². The summed E-state index contributed by atoms with van der Waals surface area (Å²) in [5.41, 5.74) is 1.53. The molecule has 1 N–H and O–H groups in total. The second kappa shape index (κ2) is 7.09. The van der Waals surface area contributed by atoms with Gasteiger partial charge in [-0.2, -0.15) is 5.26 Å². The van der Waals surface area contributed by atoms with Crippen LogP contribution < -0.4 is 4.74 Å². The monoisotopic (exact) mass is 288 g/mol. The molecule has 0 amide bonds. The van der Waals surface area contributed by atoms with Crippen LogP contribution in [0.25, 0.3) is 0 Å². The SMILES string of the molecule is COc1ccc(C#N)cc1CN1CCCCC1CC(=O)O. The van der Waals surface area contributed by atoms with Crippen LogP contribution in [-0.2, 0) is 11.3 Å². The number of ether oxygens (including phenoxy) is 1. The summed E-state index contributed by atoms with van der Waals surface area (Å²) in [6, 6.07) is 7.54. The van der Waals surface area contributed by atoms with Crippen molar-refractivity contribution in [1.29, 1.82) is 5.26 Å². The molecule has 0 aromatic heterocycles. The number of likely N-dealkylation sites (tertiary alicyclic amines) is 1. The topological polar surface area (TPSA) is 73.6 Å². The summed E-state index contributed by atoms with van der Waals surface area (Å²) in [6.45, 7) is 1.51. The van der Waals surface area contributed by atoms with E-state index in [0.717, 1.165) is 37.1 Å². The van der Waals surface area contributed by atoms with Gasteiger partial charge >= 0.3 is 5.97 Å². The average molecular weight is 288 g/mol. The highest BCUT2D eigenvalue weighted by molar-refractivity contribution is 5.67. The van der Waals surface area contributed by atoms with E-state index in [4.69, 9.17) is 15.1 Å². The molecule has 0 aliphatic carbocycles. The van der Waals surface area contributed by atoms with Crippen LogP contribution in [0.1, 0.15) is 36.8 Å². The minimum Gasteiger partial charge on any atom is -0.496 e. The van der Waals surface area contributed by atoms with E-state index in [0.29, 0.717) is 12.1 Å². The molecule has 0 radical (unpaired) electrons. The number of carbonyl (C=O) groups is 1. The van der Waals surface area contributed by atoms with Gasteiger partial charge in [0.2, 0.25) is 0 Å². The maximum atomic E-state index is 11.0. The first-order valence-electron chi connectivity index (χ1n) is 7.17. The van der Waals surface area contributed by atoms with Crippen LogP contribution >= 0.6 is 0 Å². The molecule has 1 aromatic rings. The molecule has 1 unspecified atom stereocenters. The predicted octanol–water partition coefficient (Wildman–Crippen LogP) is 2.40. The van der Waals surface area contributed by atoms with Gasteiger partial charge < -0.3 is 9.84 Å². The van der Waals surface area contributed by atoms with Gasteiger partial charge in [0.25, 0.3) is 0 Å². The van der Waals surface area contributed by atoms with Crippen LogP contribution in [0.4, 0.5) is 0 Å². The zero-order valence-corrected chi connectivity index (χ0v) is 12.2. The molecule has 0 spiro atoms. The number of methoxy groups -OCH3 is 1. The summed E-state index contributed by atoms with van der Waals surface area (Å²) < 4.78 is 5.35. The van der Waals surface area contributed by atoms with Crippen molar-refractivity contribution in [2.24, 2.45) is 0 Å². The maximum Gasteiger partial charge on any atom is 0.304 e. The first-order chi connectivity index (χ1) is 10.1. The molecule has 0 bridgehead atoms. The standard InChI is InChI=1S/C16H20N2O3/c1-21-15-6-5-12(10-17)8-13(15)11-18-7-3-2-4-14(18)9-16(19)20/h5-6,8,14H,2-4,7,9,11H2,1H3,(H,19,20). The normalized spacial score (nSPS) is 19.0. The summed E-state index contributed by atoms with van der Waals surface area (Å²) >= 11 is 0. The van der Waals surface area contributed by atoms with Gasteiger partial charge in [0.1, 0.15) is 5.75 Å². The number of carboxylic acid groups (broad SMARTS) is 1. The highest BCUT2D eigenvalue weighted by Crippen LogP contribution is 2.26. The van der Waals surface area contributed by atoms with Gasteiger partial charge in [-0.05, 0) is 37.6 Å². The fourth-order valence-corrected chi connectivity index (χ4v) is 2.89. The van der Waals surface area contributed by atoms with Crippen molar-refractivity contribution < 1.29 is 14.6 Å². The van der Waals surface area contributed by atoms with Crippen LogP contribution in [0.15, 0.2) is 18.2 Å². The number of nitrogens with zero attached hydrogens (tertiary/aromatic N) is 2. The van der Waals surface area contributed by atoms with Crippen LogP contribution in [0.3, 0.4) is 0 Å². The van der Waals surface area contributed by atoms with Gasteiger partial charge in [-0.1, -0.05) is 6.42 Å². The van der Waals surface area contributed by atoms with Gasteiger partial charge in [-0.3, -0.25) is 9.69 Å². The summed E-state index contributed by atoms with van der Waals surface area (Å²) in [4.78, 5) is 13.2. The Bertz CT molecular complexity index is 551. The summed E-state index contributed by atoms with van der Waals surface area (Å²) in [5.74, 6) is -0.0155. The number of hydrogen-bond acceptors (Lipinski definition) is 4. The van der Waals surface area contributed by atoms with Gasteiger partial charge in [0, 0.05) is 18.2 Å². The zero-order valence-electron chi connectivity index (χ0n) is 12.2. The number of carboxylic acids is 1. The number of benzene rings is 1. The molecule has 5 heteroatoms. The second-order valence-electron chi connectivity index (χ2n) is 5.36. The maximum absolute atomic E-state index is 11.0. The molecule has 21 heavy (non-hydrogen) atoms. The van der Waals surface area contributed by atoms with Crippen molar-refractivity contribution in [2.45, 2.75) is 38.3 Å². The Hall–Kier alpha value is -2.06. The summed E-state index contributed by atoms with van der Waals surface area (Å²) in [5, 5.41) is 18.1. The Morgan fingerprint density at radius 2 is 2.33 bits per heavy atom. The number of aliphatic carboxylic acids is 1. The molecule has 1 atom stereocenters. The number of hydrogen-bond donors (Lipinski definition) is 1. The molecule has 1 aliphatic rings. The first-order valence-corrected chi connectivity index (χ1v) is 7.17. The fourth-order valence-electron chi connectivity index (χ4n) is 2.89. The average Bonchev–Trinajstić information content (AvgIpc) is 2.48. The Morgan fingerprint density at radius 3 is 3.00 bits per heavy atom. The van der Waals surface area contributed by atoms with Gasteiger partial charge in [-0.15, -0.1) is 0 Å². The van der Waals surface area contributed by atoms with Crippen molar-refractivity contribution in [3.8, 4) is 11.8 Å². The summed E-state index contributed by atoms with van der Waals surface area (Å²) in [6.07, 6.45) is 3.23. The number of piperidine rings is 1. The van der Waals surface area contributed by atoms with Gasteiger partial charge in [-0.25, -0.2) is 0 Å². The molecule has 112 valence electrons. The lowest BCUT2D eigenvalue weighted by molar-refractivity contribution is -0.138.